The summed E-state index contributed by atoms with van der Waals surface area (Å²) in [5, 5.41) is 9.11. The van der Waals surface area contributed by atoms with Crippen LogP contribution in [-0.4, -0.2) is 14.8 Å². The maximum absolute atomic E-state index is 13.7. The van der Waals surface area contributed by atoms with Gasteiger partial charge in [0.25, 0.3) is 0 Å². The maximum Gasteiger partial charge on any atom is 0.191 e. The quantitative estimate of drug-likeness (QED) is 0.551. The summed E-state index contributed by atoms with van der Waals surface area (Å²) in [4.78, 5) is 0. The third-order valence-corrected chi connectivity index (χ3v) is 5.22. The van der Waals surface area contributed by atoms with Gasteiger partial charge in [-0.3, -0.25) is 0 Å². The summed E-state index contributed by atoms with van der Waals surface area (Å²) in [5.41, 5.74) is 1.94. The Labute approximate surface area is 157 Å². The molecule has 0 aliphatic rings. The molecule has 0 saturated carbocycles. The van der Waals surface area contributed by atoms with Gasteiger partial charge in [0.1, 0.15) is 18.2 Å². The van der Waals surface area contributed by atoms with Gasteiger partial charge in [0.2, 0.25) is 0 Å². The molecule has 0 atom stereocenters. The first-order valence-electron chi connectivity index (χ1n) is 8.52. The van der Waals surface area contributed by atoms with Crippen LogP contribution >= 0.6 is 11.8 Å². The average Bonchev–Trinajstić information content (AvgIpc) is 2.99. The molecule has 0 amide bonds. The summed E-state index contributed by atoms with van der Waals surface area (Å²) >= 11 is 1.46. The highest BCUT2D eigenvalue weighted by Gasteiger charge is 2.11. The Morgan fingerprint density at radius 3 is 2.50 bits per heavy atom. The number of hydrogen-bond donors (Lipinski definition) is 0. The monoisotopic (exact) mass is 371 g/mol. The summed E-state index contributed by atoms with van der Waals surface area (Å²) < 4.78 is 21.4. The van der Waals surface area contributed by atoms with Crippen molar-refractivity contribution in [3.05, 3.63) is 71.3 Å². The van der Waals surface area contributed by atoms with Crippen LogP contribution in [-0.2, 0) is 19.4 Å². The Hall–Kier alpha value is -2.34. The summed E-state index contributed by atoms with van der Waals surface area (Å²) in [5.74, 6) is 2.34. The van der Waals surface area contributed by atoms with Crippen LogP contribution in [0.3, 0.4) is 0 Å². The molecule has 2 aromatic carbocycles. The number of ether oxygens (including phenoxy) is 1. The van der Waals surface area contributed by atoms with Gasteiger partial charge in [-0.15, -0.1) is 10.2 Å². The minimum absolute atomic E-state index is 0.199. The van der Waals surface area contributed by atoms with Gasteiger partial charge >= 0.3 is 0 Å². The number of aromatic nitrogens is 3. The van der Waals surface area contributed by atoms with Crippen LogP contribution < -0.4 is 4.74 Å². The van der Waals surface area contributed by atoms with E-state index < -0.39 is 0 Å². The SMILES string of the molecule is CC(C)c1ccc(OCc2nnc(SCc3ccccc3F)n2C)cc1. The molecule has 0 aliphatic heterocycles. The van der Waals surface area contributed by atoms with Crippen LogP contribution in [0.25, 0.3) is 0 Å². The average molecular weight is 371 g/mol. The van der Waals surface area contributed by atoms with Crippen molar-refractivity contribution < 1.29 is 9.13 Å². The van der Waals surface area contributed by atoms with Gasteiger partial charge in [-0.1, -0.05) is 55.9 Å². The molecule has 6 heteroatoms. The van der Waals surface area contributed by atoms with E-state index in [1.54, 1.807) is 12.1 Å². The first-order chi connectivity index (χ1) is 12.5. The maximum atomic E-state index is 13.7. The number of benzene rings is 2. The predicted molar refractivity (Wildman–Crippen MR) is 102 cm³/mol. The lowest BCUT2D eigenvalue weighted by Crippen LogP contribution is -2.04. The topological polar surface area (TPSA) is 39.9 Å². The molecule has 26 heavy (non-hydrogen) atoms. The van der Waals surface area contributed by atoms with Crippen molar-refractivity contribution in [2.24, 2.45) is 7.05 Å². The Morgan fingerprint density at radius 2 is 1.81 bits per heavy atom. The normalized spacial score (nSPS) is 11.1. The van der Waals surface area contributed by atoms with E-state index in [1.165, 1.54) is 23.4 Å². The Balaban J connectivity index is 1.59. The lowest BCUT2D eigenvalue weighted by molar-refractivity contribution is 0.290. The molecule has 1 aromatic heterocycles. The highest BCUT2D eigenvalue weighted by molar-refractivity contribution is 7.98. The van der Waals surface area contributed by atoms with Crippen LogP contribution in [0.15, 0.2) is 53.7 Å². The first kappa shape index (κ1) is 18.5. The standard InChI is InChI=1S/C20H22FN3OS/c1-14(2)15-8-10-17(11-9-15)25-12-19-22-23-20(24(19)3)26-13-16-6-4-5-7-18(16)21/h4-11,14H,12-13H2,1-3H3. The summed E-state index contributed by atoms with van der Waals surface area (Å²) in [6.07, 6.45) is 0. The summed E-state index contributed by atoms with van der Waals surface area (Å²) in [6, 6.07) is 14.9. The zero-order valence-electron chi connectivity index (χ0n) is 15.1. The minimum Gasteiger partial charge on any atom is -0.486 e. The van der Waals surface area contributed by atoms with Crippen molar-refractivity contribution in [2.45, 2.75) is 37.3 Å². The molecule has 0 N–H and O–H groups in total. The van der Waals surface area contributed by atoms with Gasteiger partial charge in [-0.2, -0.15) is 0 Å². The van der Waals surface area contributed by atoms with E-state index in [9.17, 15) is 4.39 Å². The van der Waals surface area contributed by atoms with Gasteiger partial charge < -0.3 is 9.30 Å². The molecule has 3 aromatic rings. The van der Waals surface area contributed by atoms with Crippen molar-refractivity contribution in [2.75, 3.05) is 0 Å². The zero-order chi connectivity index (χ0) is 18.5. The van der Waals surface area contributed by atoms with Crippen LogP contribution in [0.1, 0.15) is 36.7 Å². The highest BCUT2D eigenvalue weighted by Crippen LogP contribution is 2.23. The molecule has 0 unspecified atom stereocenters. The third-order valence-electron chi connectivity index (χ3n) is 4.15. The van der Waals surface area contributed by atoms with Crippen molar-refractivity contribution >= 4 is 11.8 Å². The van der Waals surface area contributed by atoms with E-state index >= 15 is 0 Å². The Morgan fingerprint density at radius 1 is 1.08 bits per heavy atom. The van der Waals surface area contributed by atoms with E-state index in [-0.39, 0.29) is 5.82 Å². The van der Waals surface area contributed by atoms with Gasteiger partial charge in [0.05, 0.1) is 0 Å². The number of halogens is 1. The van der Waals surface area contributed by atoms with Crippen LogP contribution in [0.5, 0.6) is 5.75 Å². The number of thioether (sulfide) groups is 1. The molecule has 3 rings (SSSR count). The first-order valence-corrected chi connectivity index (χ1v) is 9.50. The smallest absolute Gasteiger partial charge is 0.191 e. The van der Waals surface area contributed by atoms with Crippen molar-refractivity contribution in [1.82, 2.24) is 14.8 Å². The molecular formula is C20H22FN3OS. The van der Waals surface area contributed by atoms with Gasteiger partial charge in [-0.05, 0) is 35.2 Å². The molecule has 0 saturated heterocycles. The highest BCUT2D eigenvalue weighted by atomic mass is 32.2. The van der Waals surface area contributed by atoms with Gasteiger partial charge in [0, 0.05) is 12.8 Å². The zero-order valence-corrected chi connectivity index (χ0v) is 16.0. The second-order valence-corrected chi connectivity index (χ2v) is 7.29. The van der Waals surface area contributed by atoms with Crippen molar-refractivity contribution in [1.29, 1.82) is 0 Å². The summed E-state index contributed by atoms with van der Waals surface area (Å²) in [6.45, 7) is 4.66. The van der Waals surface area contributed by atoms with E-state index in [1.807, 2.05) is 29.8 Å². The van der Waals surface area contributed by atoms with E-state index in [2.05, 4.69) is 36.2 Å². The van der Waals surface area contributed by atoms with Gasteiger partial charge in [-0.25, -0.2) is 4.39 Å². The fourth-order valence-corrected chi connectivity index (χ4v) is 3.37. The van der Waals surface area contributed by atoms with E-state index in [4.69, 9.17) is 4.74 Å². The second kappa shape index (κ2) is 8.36. The molecular weight excluding hydrogens is 349 g/mol. The predicted octanol–water partition coefficient (Wildman–Crippen LogP) is 4.95. The number of hydrogen-bond acceptors (Lipinski definition) is 4. The lowest BCUT2D eigenvalue weighted by atomic mass is 10.0. The fraction of sp³-hybridized carbons (Fsp3) is 0.300. The minimum atomic E-state index is -0.199. The van der Waals surface area contributed by atoms with Crippen LogP contribution in [0.2, 0.25) is 0 Å². The summed E-state index contributed by atoms with van der Waals surface area (Å²) in [7, 11) is 1.89. The lowest BCUT2D eigenvalue weighted by Gasteiger charge is -2.09. The molecule has 0 radical (unpaired) electrons. The van der Waals surface area contributed by atoms with Crippen LogP contribution in [0.4, 0.5) is 4.39 Å². The second-order valence-electron chi connectivity index (χ2n) is 6.35. The van der Waals surface area contributed by atoms with E-state index in [0.29, 0.717) is 23.8 Å². The van der Waals surface area contributed by atoms with E-state index in [0.717, 1.165) is 16.7 Å². The Kier molecular flexibility index (Phi) is 5.93. The molecule has 0 fully saturated rings. The fourth-order valence-electron chi connectivity index (χ4n) is 2.45. The Bertz CT molecular complexity index is 862. The number of rotatable bonds is 7. The molecule has 4 nitrogen and oxygen atoms in total. The molecule has 0 bridgehead atoms. The molecule has 136 valence electrons. The third kappa shape index (κ3) is 4.43. The number of nitrogens with zero attached hydrogens (tertiary/aromatic N) is 3. The van der Waals surface area contributed by atoms with Crippen molar-refractivity contribution in [3.63, 3.8) is 0 Å². The van der Waals surface area contributed by atoms with Crippen LogP contribution in [0, 0.1) is 5.82 Å². The van der Waals surface area contributed by atoms with Crippen molar-refractivity contribution in [3.8, 4) is 5.75 Å². The molecule has 0 aliphatic carbocycles. The molecule has 0 spiro atoms. The largest absolute Gasteiger partial charge is 0.486 e. The van der Waals surface area contributed by atoms with Gasteiger partial charge in [0.15, 0.2) is 11.0 Å². The molecule has 1 heterocycles.